The van der Waals surface area contributed by atoms with E-state index in [0.29, 0.717) is 17.2 Å². The SMILES string of the molecule is O=S1(=O)N=C(C[C@@H](c2ccccc2)c2cccc(Cl)c2)CO1. The first-order valence-electron chi connectivity index (χ1n) is 6.81. The molecule has 0 aliphatic carbocycles. The van der Waals surface area contributed by atoms with Crippen molar-refractivity contribution < 1.29 is 12.6 Å². The first-order chi connectivity index (χ1) is 10.5. The largest absolute Gasteiger partial charge is 0.381 e. The zero-order valence-electron chi connectivity index (χ0n) is 11.6. The van der Waals surface area contributed by atoms with Crippen LogP contribution in [0.3, 0.4) is 0 Å². The highest BCUT2D eigenvalue weighted by Crippen LogP contribution is 2.31. The lowest BCUT2D eigenvalue weighted by atomic mass is 9.87. The summed E-state index contributed by atoms with van der Waals surface area (Å²) >= 11 is 6.09. The summed E-state index contributed by atoms with van der Waals surface area (Å²) in [5.74, 6) is -0.0180. The van der Waals surface area contributed by atoms with Crippen LogP contribution >= 0.6 is 11.6 Å². The van der Waals surface area contributed by atoms with Crippen molar-refractivity contribution in [2.45, 2.75) is 12.3 Å². The summed E-state index contributed by atoms with van der Waals surface area (Å²) in [5.41, 5.74) is 2.62. The molecule has 1 atom stereocenters. The van der Waals surface area contributed by atoms with E-state index in [1.54, 1.807) is 0 Å². The van der Waals surface area contributed by atoms with Gasteiger partial charge in [0.25, 0.3) is 0 Å². The fourth-order valence-corrected chi connectivity index (χ4v) is 3.50. The predicted octanol–water partition coefficient (Wildman–Crippen LogP) is 3.58. The van der Waals surface area contributed by atoms with Crippen molar-refractivity contribution in [3.05, 3.63) is 70.7 Å². The quantitative estimate of drug-likeness (QED) is 0.858. The second-order valence-electron chi connectivity index (χ2n) is 5.07. The molecule has 22 heavy (non-hydrogen) atoms. The summed E-state index contributed by atoms with van der Waals surface area (Å²) in [7, 11) is -3.75. The second-order valence-corrected chi connectivity index (χ2v) is 6.78. The minimum Gasteiger partial charge on any atom is -0.246 e. The summed E-state index contributed by atoms with van der Waals surface area (Å²) in [6.45, 7) is 0.0201. The molecular formula is C16H14ClNO3S. The van der Waals surface area contributed by atoms with E-state index in [9.17, 15) is 8.42 Å². The predicted molar refractivity (Wildman–Crippen MR) is 86.7 cm³/mol. The van der Waals surface area contributed by atoms with Gasteiger partial charge in [0.05, 0.1) is 5.71 Å². The van der Waals surface area contributed by atoms with Crippen molar-refractivity contribution in [2.75, 3.05) is 6.61 Å². The first-order valence-corrected chi connectivity index (χ1v) is 8.55. The van der Waals surface area contributed by atoms with Crippen molar-refractivity contribution in [1.29, 1.82) is 0 Å². The third-order valence-corrected chi connectivity index (χ3v) is 4.64. The van der Waals surface area contributed by atoms with Gasteiger partial charge in [-0.2, -0.15) is 8.42 Å². The Morgan fingerprint density at radius 2 is 1.82 bits per heavy atom. The molecule has 0 aromatic heterocycles. The number of halogens is 1. The van der Waals surface area contributed by atoms with Gasteiger partial charge in [-0.3, -0.25) is 0 Å². The van der Waals surface area contributed by atoms with Gasteiger partial charge < -0.3 is 0 Å². The minimum atomic E-state index is -3.75. The standard InChI is InChI=1S/C16H14ClNO3S/c17-14-8-4-7-13(9-14)16(12-5-2-1-3-6-12)10-15-11-21-22(19,20)18-15/h1-9,16H,10-11H2/t16-/m0/s1. The Morgan fingerprint density at radius 3 is 2.45 bits per heavy atom. The molecule has 3 rings (SSSR count). The Balaban J connectivity index is 1.97. The van der Waals surface area contributed by atoms with Crippen LogP contribution in [-0.4, -0.2) is 20.7 Å². The van der Waals surface area contributed by atoms with Crippen molar-refractivity contribution in [3.8, 4) is 0 Å². The maximum absolute atomic E-state index is 11.3. The molecule has 0 fully saturated rings. The average Bonchev–Trinajstić information content (AvgIpc) is 2.85. The Morgan fingerprint density at radius 1 is 1.09 bits per heavy atom. The molecule has 0 amide bonds. The van der Waals surface area contributed by atoms with Crippen LogP contribution in [0.4, 0.5) is 0 Å². The maximum atomic E-state index is 11.3. The number of hydrogen-bond acceptors (Lipinski definition) is 3. The smallest absolute Gasteiger partial charge is 0.246 e. The van der Waals surface area contributed by atoms with Crippen LogP contribution < -0.4 is 0 Å². The molecular weight excluding hydrogens is 322 g/mol. The van der Waals surface area contributed by atoms with E-state index < -0.39 is 10.3 Å². The van der Waals surface area contributed by atoms with Crippen molar-refractivity contribution in [3.63, 3.8) is 0 Å². The van der Waals surface area contributed by atoms with Gasteiger partial charge in [0.2, 0.25) is 0 Å². The van der Waals surface area contributed by atoms with Gasteiger partial charge in [-0.1, -0.05) is 54.1 Å². The molecule has 0 spiro atoms. The molecule has 0 saturated carbocycles. The number of hydrogen-bond donors (Lipinski definition) is 0. The van der Waals surface area contributed by atoms with E-state index in [-0.39, 0.29) is 12.5 Å². The molecule has 1 aliphatic heterocycles. The summed E-state index contributed by atoms with van der Waals surface area (Å²) in [6, 6.07) is 17.4. The molecule has 0 saturated heterocycles. The van der Waals surface area contributed by atoms with Gasteiger partial charge in [0.1, 0.15) is 6.61 Å². The topological polar surface area (TPSA) is 55.7 Å². The molecule has 0 bridgehead atoms. The van der Waals surface area contributed by atoms with Crippen molar-refractivity contribution in [2.24, 2.45) is 4.40 Å². The van der Waals surface area contributed by atoms with Crippen LogP contribution in [0.25, 0.3) is 0 Å². The van der Waals surface area contributed by atoms with Crippen LogP contribution in [-0.2, 0) is 14.5 Å². The van der Waals surface area contributed by atoms with Gasteiger partial charge in [-0.25, -0.2) is 4.18 Å². The van der Waals surface area contributed by atoms with Crippen LogP contribution in [0.2, 0.25) is 5.02 Å². The lowest BCUT2D eigenvalue weighted by Crippen LogP contribution is -2.10. The molecule has 114 valence electrons. The van der Waals surface area contributed by atoms with E-state index >= 15 is 0 Å². The average molecular weight is 336 g/mol. The van der Waals surface area contributed by atoms with E-state index in [4.69, 9.17) is 15.8 Å². The highest BCUT2D eigenvalue weighted by Gasteiger charge is 2.25. The summed E-state index contributed by atoms with van der Waals surface area (Å²) in [5, 5.41) is 0.649. The molecule has 0 unspecified atom stereocenters. The lowest BCUT2D eigenvalue weighted by Gasteiger charge is -2.18. The molecule has 1 aliphatic rings. The summed E-state index contributed by atoms with van der Waals surface area (Å²) < 4.78 is 31.0. The number of nitrogens with zero attached hydrogens (tertiary/aromatic N) is 1. The van der Waals surface area contributed by atoms with Crippen LogP contribution in [0.15, 0.2) is 59.0 Å². The Labute approximate surface area is 134 Å². The minimum absolute atomic E-state index is 0.0180. The molecule has 4 nitrogen and oxygen atoms in total. The lowest BCUT2D eigenvalue weighted by molar-refractivity contribution is 0.380. The maximum Gasteiger partial charge on any atom is 0.381 e. The van der Waals surface area contributed by atoms with Crippen molar-refractivity contribution >= 4 is 27.6 Å². The van der Waals surface area contributed by atoms with E-state index in [2.05, 4.69) is 4.40 Å². The number of rotatable bonds is 4. The Bertz CT molecular complexity index is 803. The highest BCUT2D eigenvalue weighted by atomic mass is 35.5. The second kappa shape index (κ2) is 6.20. The first kappa shape index (κ1) is 15.2. The fourth-order valence-electron chi connectivity index (χ4n) is 2.52. The monoisotopic (exact) mass is 335 g/mol. The van der Waals surface area contributed by atoms with Gasteiger partial charge in [0, 0.05) is 17.4 Å². The third-order valence-electron chi connectivity index (χ3n) is 3.51. The van der Waals surface area contributed by atoms with Crippen LogP contribution in [0, 0.1) is 0 Å². The fraction of sp³-hybridized carbons (Fsp3) is 0.188. The molecule has 6 heteroatoms. The normalized spacial score (nSPS) is 18.0. The third kappa shape index (κ3) is 3.55. The van der Waals surface area contributed by atoms with E-state index in [1.807, 2.05) is 54.6 Å². The molecule has 0 N–H and O–H groups in total. The Kier molecular flexibility index (Phi) is 4.29. The zero-order chi connectivity index (χ0) is 15.6. The van der Waals surface area contributed by atoms with Gasteiger partial charge in [-0.15, -0.1) is 4.40 Å². The van der Waals surface area contributed by atoms with Gasteiger partial charge in [-0.05, 0) is 23.3 Å². The molecule has 2 aromatic rings. The van der Waals surface area contributed by atoms with Gasteiger partial charge in [0.15, 0.2) is 0 Å². The van der Waals surface area contributed by atoms with Gasteiger partial charge >= 0.3 is 10.3 Å². The summed E-state index contributed by atoms with van der Waals surface area (Å²) in [6.07, 6.45) is 0.476. The molecule has 1 heterocycles. The van der Waals surface area contributed by atoms with E-state index in [0.717, 1.165) is 11.1 Å². The molecule has 0 radical (unpaired) electrons. The van der Waals surface area contributed by atoms with Crippen LogP contribution in [0.1, 0.15) is 23.5 Å². The van der Waals surface area contributed by atoms with Crippen LogP contribution in [0.5, 0.6) is 0 Å². The zero-order valence-corrected chi connectivity index (χ0v) is 13.2. The summed E-state index contributed by atoms with van der Waals surface area (Å²) in [4.78, 5) is 0. The van der Waals surface area contributed by atoms with E-state index in [1.165, 1.54) is 0 Å². The number of benzene rings is 2. The molecule has 2 aromatic carbocycles. The highest BCUT2D eigenvalue weighted by molar-refractivity contribution is 7.85. The Hall–Kier alpha value is -1.69. The van der Waals surface area contributed by atoms with Crippen molar-refractivity contribution in [1.82, 2.24) is 0 Å².